The zero-order valence-corrected chi connectivity index (χ0v) is 14.5. The Morgan fingerprint density at radius 1 is 1.09 bits per heavy atom. The zero-order valence-electron chi connectivity index (χ0n) is 13.7. The fourth-order valence-corrected chi connectivity index (χ4v) is 3.73. The Balaban J connectivity index is 2.03. The molecule has 0 bridgehead atoms. The molecule has 0 radical (unpaired) electrons. The van der Waals surface area contributed by atoms with E-state index in [4.69, 9.17) is 4.74 Å². The Kier molecular flexibility index (Phi) is 6.01. The molecule has 0 aromatic heterocycles. The van der Waals surface area contributed by atoms with Crippen LogP contribution in [0.1, 0.15) is 30.6 Å². The van der Waals surface area contributed by atoms with E-state index in [-0.39, 0.29) is 11.7 Å². The summed E-state index contributed by atoms with van der Waals surface area (Å²) in [5.74, 6) is 0.767. The highest BCUT2D eigenvalue weighted by atomic mass is 32.2. The van der Waals surface area contributed by atoms with E-state index in [1.165, 1.54) is 4.31 Å². The lowest BCUT2D eigenvalue weighted by molar-refractivity contribution is 0.0764. The van der Waals surface area contributed by atoms with Gasteiger partial charge < -0.3 is 9.64 Å². The van der Waals surface area contributed by atoms with Crippen molar-refractivity contribution in [2.24, 2.45) is 0 Å². The topological polar surface area (TPSA) is 66.9 Å². The fourth-order valence-electron chi connectivity index (χ4n) is 2.60. The monoisotopic (exact) mass is 340 g/mol. The highest BCUT2D eigenvalue weighted by molar-refractivity contribution is 7.89. The lowest BCUT2D eigenvalue weighted by Gasteiger charge is -2.21. The van der Waals surface area contributed by atoms with E-state index in [9.17, 15) is 13.2 Å². The van der Waals surface area contributed by atoms with Gasteiger partial charge >= 0.3 is 0 Å². The van der Waals surface area contributed by atoms with Crippen LogP contribution < -0.4 is 4.74 Å². The molecule has 0 spiro atoms. The van der Waals surface area contributed by atoms with Crippen LogP contribution in [-0.4, -0.2) is 62.1 Å². The quantitative estimate of drug-likeness (QED) is 0.816. The van der Waals surface area contributed by atoms with Gasteiger partial charge in [0.2, 0.25) is 10.0 Å². The smallest absolute Gasteiger partial charge is 0.253 e. The average Bonchev–Trinajstić information content (AvgIpc) is 2.82. The normalized spacial score (nSPS) is 16.9. The van der Waals surface area contributed by atoms with Crippen LogP contribution in [0.3, 0.4) is 0 Å². The molecule has 2 rings (SSSR count). The molecule has 128 valence electrons. The van der Waals surface area contributed by atoms with E-state index >= 15 is 0 Å². The first-order valence-electron chi connectivity index (χ1n) is 7.98. The van der Waals surface area contributed by atoms with E-state index in [2.05, 4.69) is 0 Å². The van der Waals surface area contributed by atoms with Crippen LogP contribution in [0.4, 0.5) is 0 Å². The van der Waals surface area contributed by atoms with Gasteiger partial charge in [-0.1, -0.05) is 0 Å². The first kappa shape index (κ1) is 17.7. The van der Waals surface area contributed by atoms with Gasteiger partial charge in [-0.3, -0.25) is 4.79 Å². The molecule has 0 N–H and O–H groups in total. The average molecular weight is 340 g/mol. The Hall–Kier alpha value is -1.60. The van der Waals surface area contributed by atoms with Crippen LogP contribution in [0.2, 0.25) is 0 Å². The number of carbonyl (C=O) groups excluding carboxylic acids is 1. The van der Waals surface area contributed by atoms with Gasteiger partial charge in [0.1, 0.15) is 5.75 Å². The lowest BCUT2D eigenvalue weighted by atomic mass is 10.2. The van der Waals surface area contributed by atoms with Crippen LogP contribution in [0.15, 0.2) is 24.3 Å². The summed E-state index contributed by atoms with van der Waals surface area (Å²) in [6, 6.07) is 7.06. The number of rotatable bonds is 5. The number of nitrogens with zero attached hydrogens (tertiary/aromatic N) is 2. The van der Waals surface area contributed by atoms with Gasteiger partial charge in [0.15, 0.2) is 0 Å². The van der Waals surface area contributed by atoms with Crippen molar-refractivity contribution < 1.29 is 17.9 Å². The molecule has 1 amide bonds. The molecule has 0 unspecified atom stereocenters. The maximum atomic E-state index is 12.6. The highest BCUT2D eigenvalue weighted by Gasteiger charge is 2.25. The van der Waals surface area contributed by atoms with Gasteiger partial charge in [-0.05, 0) is 44.5 Å². The number of amides is 1. The second-order valence-electron chi connectivity index (χ2n) is 5.40. The molecule has 0 saturated carbocycles. The van der Waals surface area contributed by atoms with Crippen molar-refractivity contribution >= 4 is 15.9 Å². The molecule has 1 aromatic rings. The summed E-state index contributed by atoms with van der Waals surface area (Å²) in [5, 5.41) is 0. The number of carbonyl (C=O) groups is 1. The molecule has 0 atom stereocenters. The predicted molar refractivity (Wildman–Crippen MR) is 89.2 cm³/mol. The number of hydrogen-bond donors (Lipinski definition) is 0. The van der Waals surface area contributed by atoms with Crippen molar-refractivity contribution in [2.45, 2.75) is 20.3 Å². The molecule has 1 aliphatic heterocycles. The van der Waals surface area contributed by atoms with Crippen molar-refractivity contribution in [3.05, 3.63) is 29.8 Å². The van der Waals surface area contributed by atoms with E-state index in [1.54, 1.807) is 36.1 Å². The molecule has 1 aliphatic rings. The van der Waals surface area contributed by atoms with Gasteiger partial charge in [0.25, 0.3) is 5.91 Å². The molecular weight excluding hydrogens is 316 g/mol. The third kappa shape index (κ3) is 4.45. The molecule has 6 nitrogen and oxygen atoms in total. The molecule has 1 heterocycles. The minimum atomic E-state index is -3.19. The number of hydrogen-bond acceptors (Lipinski definition) is 4. The third-order valence-corrected chi connectivity index (χ3v) is 5.79. The summed E-state index contributed by atoms with van der Waals surface area (Å²) < 4.78 is 30.8. The maximum Gasteiger partial charge on any atom is 0.253 e. The summed E-state index contributed by atoms with van der Waals surface area (Å²) in [6.07, 6.45) is 0.655. The van der Waals surface area contributed by atoms with Crippen molar-refractivity contribution in [1.29, 1.82) is 0 Å². The Morgan fingerprint density at radius 2 is 1.78 bits per heavy atom. The van der Waals surface area contributed by atoms with E-state index < -0.39 is 10.0 Å². The van der Waals surface area contributed by atoms with Gasteiger partial charge in [0, 0.05) is 31.7 Å². The van der Waals surface area contributed by atoms with Crippen molar-refractivity contribution in [3.8, 4) is 5.75 Å². The van der Waals surface area contributed by atoms with Crippen molar-refractivity contribution in [1.82, 2.24) is 9.21 Å². The molecule has 7 heteroatoms. The standard InChI is InChI=1S/C16H24N2O4S/c1-3-22-15-8-6-14(7-9-15)16(19)17-10-5-11-18(13-12-17)23(20,21)4-2/h6-9H,3-5,10-13H2,1-2H3. The number of sulfonamides is 1. The summed E-state index contributed by atoms with van der Waals surface area (Å²) in [7, 11) is -3.19. The number of benzene rings is 1. The second kappa shape index (κ2) is 7.79. The molecular formula is C16H24N2O4S. The lowest BCUT2D eigenvalue weighted by Crippen LogP contribution is -2.37. The first-order chi connectivity index (χ1) is 11.0. The van der Waals surface area contributed by atoms with Crippen LogP contribution in [-0.2, 0) is 10.0 Å². The SMILES string of the molecule is CCOc1ccc(C(=O)N2CCCN(S(=O)(=O)CC)CC2)cc1. The second-order valence-corrected chi connectivity index (χ2v) is 7.66. The van der Waals surface area contributed by atoms with Gasteiger partial charge in [-0.2, -0.15) is 0 Å². The summed E-state index contributed by atoms with van der Waals surface area (Å²) in [4.78, 5) is 14.3. The molecule has 1 saturated heterocycles. The van der Waals surface area contributed by atoms with Crippen LogP contribution in [0.25, 0.3) is 0 Å². The summed E-state index contributed by atoms with van der Waals surface area (Å²) in [6.45, 7) is 5.96. The molecule has 1 aromatic carbocycles. The van der Waals surface area contributed by atoms with Gasteiger partial charge in [0.05, 0.1) is 12.4 Å². The van der Waals surface area contributed by atoms with Crippen molar-refractivity contribution in [2.75, 3.05) is 38.5 Å². The Bertz CT molecular complexity index is 628. The van der Waals surface area contributed by atoms with Crippen LogP contribution >= 0.6 is 0 Å². The first-order valence-corrected chi connectivity index (χ1v) is 9.58. The summed E-state index contributed by atoms with van der Waals surface area (Å²) in [5.41, 5.74) is 0.597. The molecule has 23 heavy (non-hydrogen) atoms. The van der Waals surface area contributed by atoms with E-state index in [0.717, 1.165) is 5.75 Å². The van der Waals surface area contributed by atoms with E-state index in [1.807, 2.05) is 6.92 Å². The van der Waals surface area contributed by atoms with Crippen LogP contribution in [0, 0.1) is 0 Å². The zero-order chi connectivity index (χ0) is 16.9. The summed E-state index contributed by atoms with van der Waals surface area (Å²) >= 11 is 0. The minimum absolute atomic E-state index is 0.0659. The molecule has 0 aliphatic carbocycles. The van der Waals surface area contributed by atoms with Gasteiger partial charge in [-0.25, -0.2) is 12.7 Å². The highest BCUT2D eigenvalue weighted by Crippen LogP contribution is 2.16. The van der Waals surface area contributed by atoms with Crippen molar-refractivity contribution in [3.63, 3.8) is 0 Å². The van der Waals surface area contributed by atoms with E-state index in [0.29, 0.717) is 44.8 Å². The molecule has 1 fully saturated rings. The number of ether oxygens (including phenoxy) is 1. The van der Waals surface area contributed by atoms with Gasteiger partial charge in [-0.15, -0.1) is 0 Å². The Morgan fingerprint density at radius 3 is 2.39 bits per heavy atom. The maximum absolute atomic E-state index is 12.6. The fraction of sp³-hybridized carbons (Fsp3) is 0.562. The third-order valence-electron chi connectivity index (χ3n) is 3.91. The minimum Gasteiger partial charge on any atom is -0.494 e. The largest absolute Gasteiger partial charge is 0.494 e. The Labute approximate surface area is 138 Å². The predicted octanol–water partition coefficient (Wildman–Crippen LogP) is 1.58. The van der Waals surface area contributed by atoms with Crippen LogP contribution in [0.5, 0.6) is 5.75 Å².